The van der Waals surface area contributed by atoms with Crippen LogP contribution in [0.25, 0.3) is 0 Å². The molecule has 0 saturated carbocycles. The number of aryl methyl sites for hydroxylation is 1. The van der Waals surface area contributed by atoms with Gasteiger partial charge in [0.2, 0.25) is 5.91 Å². The second-order valence-electron chi connectivity index (χ2n) is 4.62. The van der Waals surface area contributed by atoms with Gasteiger partial charge < -0.3 is 20.7 Å². The van der Waals surface area contributed by atoms with Crippen molar-refractivity contribution in [1.29, 1.82) is 0 Å². The maximum atomic E-state index is 11.8. The minimum Gasteiger partial charge on any atom is -0.383 e. The molecule has 112 valence electrons. The van der Waals surface area contributed by atoms with Crippen molar-refractivity contribution in [2.45, 2.75) is 20.4 Å². The van der Waals surface area contributed by atoms with Crippen molar-refractivity contribution in [2.75, 3.05) is 38.8 Å². The highest BCUT2D eigenvalue weighted by atomic mass is 16.5. The van der Waals surface area contributed by atoms with Crippen LogP contribution in [0.15, 0.2) is 0 Å². The molecular formula is C13H23N5O2. The summed E-state index contributed by atoms with van der Waals surface area (Å²) in [6.07, 6.45) is 0. The zero-order valence-electron chi connectivity index (χ0n) is 12.6. The highest BCUT2D eigenvalue weighted by molar-refractivity contribution is 5.81. The van der Waals surface area contributed by atoms with Gasteiger partial charge in [-0.1, -0.05) is 0 Å². The number of rotatable bonds is 7. The number of hydrogen-bond acceptors (Lipinski definition) is 6. The summed E-state index contributed by atoms with van der Waals surface area (Å²) in [7, 11) is 3.39. The first-order chi connectivity index (χ1) is 9.51. The predicted octanol–water partition coefficient (Wildman–Crippen LogP) is -0.249. The van der Waals surface area contributed by atoms with E-state index in [0.717, 1.165) is 16.8 Å². The average Bonchev–Trinajstić information content (AvgIpc) is 2.41. The molecule has 0 bridgehead atoms. The number of carbonyl (C=O) groups is 1. The van der Waals surface area contributed by atoms with Gasteiger partial charge in [0.15, 0.2) is 5.82 Å². The zero-order chi connectivity index (χ0) is 15.1. The Balaban J connectivity index is 2.75. The predicted molar refractivity (Wildman–Crippen MR) is 77.6 cm³/mol. The van der Waals surface area contributed by atoms with Crippen LogP contribution in [0.2, 0.25) is 0 Å². The van der Waals surface area contributed by atoms with E-state index in [-0.39, 0.29) is 12.5 Å². The number of hydrogen-bond donors (Lipinski definition) is 2. The van der Waals surface area contributed by atoms with Gasteiger partial charge >= 0.3 is 0 Å². The molecule has 0 aliphatic heterocycles. The lowest BCUT2D eigenvalue weighted by molar-refractivity contribution is -0.119. The average molecular weight is 281 g/mol. The summed E-state index contributed by atoms with van der Waals surface area (Å²) in [5.74, 6) is 0.560. The van der Waals surface area contributed by atoms with Crippen molar-refractivity contribution in [3.05, 3.63) is 16.8 Å². The molecule has 1 aromatic heterocycles. The Labute approximate surface area is 119 Å². The Morgan fingerprint density at radius 2 is 2.10 bits per heavy atom. The molecule has 0 unspecified atom stereocenters. The van der Waals surface area contributed by atoms with E-state index in [9.17, 15) is 4.79 Å². The Morgan fingerprint density at radius 1 is 1.40 bits per heavy atom. The lowest BCUT2D eigenvalue weighted by Gasteiger charge is -2.21. The van der Waals surface area contributed by atoms with E-state index in [1.807, 2.05) is 13.8 Å². The molecule has 0 spiro atoms. The van der Waals surface area contributed by atoms with Crippen LogP contribution in [0.5, 0.6) is 0 Å². The second kappa shape index (κ2) is 7.76. The Hall–Kier alpha value is -1.73. The van der Waals surface area contributed by atoms with Gasteiger partial charge in [-0.05, 0) is 19.4 Å². The molecule has 20 heavy (non-hydrogen) atoms. The van der Waals surface area contributed by atoms with E-state index < -0.39 is 0 Å². The summed E-state index contributed by atoms with van der Waals surface area (Å²) in [6.45, 7) is 5.41. The largest absolute Gasteiger partial charge is 0.383 e. The molecule has 7 nitrogen and oxygen atoms in total. The fourth-order valence-electron chi connectivity index (χ4n) is 1.83. The molecule has 0 atom stereocenters. The summed E-state index contributed by atoms with van der Waals surface area (Å²) in [5.41, 5.74) is 8.57. The lowest BCUT2D eigenvalue weighted by atomic mass is 10.1. The number of ether oxygens (including phenoxy) is 1. The van der Waals surface area contributed by atoms with E-state index >= 15 is 0 Å². The topological polar surface area (TPSA) is 93.4 Å². The minimum absolute atomic E-state index is 0.0902. The standard InChI is InChI=1S/C13H23N5O2/c1-9-10(2)16-17-13(11(9)7-14)18(3)8-12(19)15-5-6-20-4/h5-8,14H2,1-4H3,(H,15,19). The van der Waals surface area contributed by atoms with Crippen LogP contribution in [-0.2, 0) is 16.1 Å². The van der Waals surface area contributed by atoms with Gasteiger partial charge in [-0.3, -0.25) is 4.79 Å². The van der Waals surface area contributed by atoms with E-state index in [1.165, 1.54) is 0 Å². The number of likely N-dealkylation sites (N-methyl/N-ethyl adjacent to an activating group) is 1. The van der Waals surface area contributed by atoms with Crippen LogP contribution in [0.3, 0.4) is 0 Å². The fraction of sp³-hybridized carbons (Fsp3) is 0.615. The molecule has 3 N–H and O–H groups in total. The minimum atomic E-state index is -0.0902. The quantitative estimate of drug-likeness (QED) is 0.670. The molecule has 0 aliphatic rings. The molecule has 0 aromatic carbocycles. The molecule has 1 amide bonds. The number of nitrogens with one attached hydrogen (secondary N) is 1. The Bertz CT molecular complexity index is 464. The van der Waals surface area contributed by atoms with Crippen LogP contribution in [-0.4, -0.2) is 50.0 Å². The van der Waals surface area contributed by atoms with E-state index in [1.54, 1.807) is 19.1 Å². The van der Waals surface area contributed by atoms with Crippen LogP contribution in [0.1, 0.15) is 16.8 Å². The lowest BCUT2D eigenvalue weighted by Crippen LogP contribution is -2.37. The molecule has 1 heterocycles. The summed E-state index contributed by atoms with van der Waals surface area (Å²) >= 11 is 0. The number of anilines is 1. The van der Waals surface area contributed by atoms with E-state index in [0.29, 0.717) is 25.5 Å². The molecule has 0 fully saturated rings. The van der Waals surface area contributed by atoms with Gasteiger partial charge in [0, 0.05) is 32.8 Å². The summed E-state index contributed by atoms with van der Waals surface area (Å²) in [6, 6.07) is 0. The normalized spacial score (nSPS) is 10.4. The van der Waals surface area contributed by atoms with Gasteiger partial charge in [-0.15, -0.1) is 5.10 Å². The molecule has 1 aromatic rings. The van der Waals surface area contributed by atoms with Gasteiger partial charge in [0.1, 0.15) is 0 Å². The SMILES string of the molecule is COCCNC(=O)CN(C)c1nnc(C)c(C)c1CN. The van der Waals surface area contributed by atoms with Crippen LogP contribution in [0.4, 0.5) is 5.82 Å². The van der Waals surface area contributed by atoms with Crippen molar-refractivity contribution in [3.8, 4) is 0 Å². The summed E-state index contributed by atoms with van der Waals surface area (Å²) < 4.78 is 4.88. The number of carbonyl (C=O) groups excluding carboxylic acids is 1. The first kappa shape index (κ1) is 16.3. The third kappa shape index (κ3) is 4.14. The van der Waals surface area contributed by atoms with Crippen molar-refractivity contribution >= 4 is 11.7 Å². The van der Waals surface area contributed by atoms with Gasteiger partial charge in [0.25, 0.3) is 0 Å². The monoisotopic (exact) mass is 281 g/mol. The number of aromatic nitrogens is 2. The molecule has 0 radical (unpaired) electrons. The number of nitrogens with zero attached hydrogens (tertiary/aromatic N) is 3. The van der Waals surface area contributed by atoms with Crippen LogP contribution >= 0.6 is 0 Å². The number of amides is 1. The molecule has 1 rings (SSSR count). The van der Waals surface area contributed by atoms with Crippen molar-refractivity contribution in [1.82, 2.24) is 15.5 Å². The number of methoxy groups -OCH3 is 1. The third-order valence-electron chi connectivity index (χ3n) is 3.13. The van der Waals surface area contributed by atoms with Gasteiger partial charge in [-0.25, -0.2) is 0 Å². The van der Waals surface area contributed by atoms with Crippen LogP contribution in [0, 0.1) is 13.8 Å². The van der Waals surface area contributed by atoms with Gasteiger partial charge in [0.05, 0.1) is 18.8 Å². The van der Waals surface area contributed by atoms with E-state index in [4.69, 9.17) is 10.5 Å². The summed E-state index contributed by atoms with van der Waals surface area (Å²) in [4.78, 5) is 13.5. The Morgan fingerprint density at radius 3 is 2.70 bits per heavy atom. The van der Waals surface area contributed by atoms with Crippen molar-refractivity contribution in [3.63, 3.8) is 0 Å². The first-order valence-corrected chi connectivity index (χ1v) is 6.50. The molecule has 0 saturated heterocycles. The highest BCUT2D eigenvalue weighted by Gasteiger charge is 2.15. The maximum absolute atomic E-state index is 11.8. The Kier molecular flexibility index (Phi) is 6.33. The number of nitrogens with two attached hydrogens (primary N) is 1. The zero-order valence-corrected chi connectivity index (χ0v) is 12.6. The second-order valence-corrected chi connectivity index (χ2v) is 4.62. The molecular weight excluding hydrogens is 258 g/mol. The fourth-order valence-corrected chi connectivity index (χ4v) is 1.83. The smallest absolute Gasteiger partial charge is 0.239 e. The first-order valence-electron chi connectivity index (χ1n) is 6.50. The summed E-state index contributed by atoms with van der Waals surface area (Å²) in [5, 5.41) is 11.0. The van der Waals surface area contributed by atoms with Crippen molar-refractivity contribution < 1.29 is 9.53 Å². The van der Waals surface area contributed by atoms with Gasteiger partial charge in [-0.2, -0.15) is 5.10 Å². The highest BCUT2D eigenvalue weighted by Crippen LogP contribution is 2.20. The van der Waals surface area contributed by atoms with Crippen molar-refractivity contribution in [2.24, 2.45) is 5.73 Å². The van der Waals surface area contributed by atoms with E-state index in [2.05, 4.69) is 15.5 Å². The third-order valence-corrected chi connectivity index (χ3v) is 3.13. The van der Waals surface area contributed by atoms with Crippen LogP contribution < -0.4 is 16.0 Å². The molecule has 0 aliphatic carbocycles. The molecule has 7 heteroatoms. The maximum Gasteiger partial charge on any atom is 0.239 e.